The van der Waals surface area contributed by atoms with Crippen LogP contribution in [0.25, 0.3) is 0 Å². The largest absolute Gasteiger partial charge is 0.338 e. The van der Waals surface area contributed by atoms with Gasteiger partial charge in [0.15, 0.2) is 0 Å². The van der Waals surface area contributed by atoms with Gasteiger partial charge in [-0.3, -0.25) is 4.79 Å². The van der Waals surface area contributed by atoms with Gasteiger partial charge in [-0.05, 0) is 49.1 Å². The van der Waals surface area contributed by atoms with Crippen LogP contribution in [0.3, 0.4) is 0 Å². The number of carbonyl (C=O) groups is 2. The Morgan fingerprint density at radius 1 is 1.13 bits per heavy atom. The number of nitrogens with zero attached hydrogens (tertiary/aromatic N) is 2. The van der Waals surface area contributed by atoms with Gasteiger partial charge in [0.05, 0.1) is 11.2 Å². The summed E-state index contributed by atoms with van der Waals surface area (Å²) < 4.78 is 0. The van der Waals surface area contributed by atoms with E-state index in [1.54, 1.807) is 16.8 Å². The molecule has 0 spiro atoms. The van der Waals surface area contributed by atoms with Crippen LogP contribution in [0.1, 0.15) is 28.8 Å². The fraction of sp³-hybridized carbons (Fsp3) is 0.261. The van der Waals surface area contributed by atoms with Gasteiger partial charge in [-0.25, -0.2) is 9.78 Å². The maximum atomic E-state index is 12.6. The molecule has 0 fully saturated rings. The summed E-state index contributed by atoms with van der Waals surface area (Å²) in [6.07, 6.45) is 1.86. The molecule has 2 aromatic carbocycles. The number of aromatic nitrogens is 1. The van der Waals surface area contributed by atoms with E-state index in [1.165, 1.54) is 0 Å². The van der Waals surface area contributed by atoms with Gasteiger partial charge in [0.1, 0.15) is 0 Å². The monoisotopic (exact) mass is 420 g/mol. The van der Waals surface area contributed by atoms with Crippen molar-refractivity contribution in [1.29, 1.82) is 0 Å². The van der Waals surface area contributed by atoms with E-state index < -0.39 is 0 Å². The van der Waals surface area contributed by atoms with E-state index in [9.17, 15) is 9.59 Å². The van der Waals surface area contributed by atoms with Crippen molar-refractivity contribution >= 4 is 34.6 Å². The van der Waals surface area contributed by atoms with Gasteiger partial charge in [0.2, 0.25) is 5.91 Å². The number of hydrogen-bond donors (Lipinski definition) is 2. The molecule has 0 unspecified atom stereocenters. The molecule has 7 heteroatoms. The molecule has 0 saturated heterocycles. The highest BCUT2D eigenvalue weighted by atomic mass is 32.1. The number of amides is 3. The number of fused-ring (bicyclic) bond motifs is 1. The van der Waals surface area contributed by atoms with Crippen molar-refractivity contribution in [2.24, 2.45) is 0 Å². The second kappa shape index (κ2) is 9.09. The van der Waals surface area contributed by atoms with Crippen molar-refractivity contribution in [3.63, 3.8) is 0 Å². The van der Waals surface area contributed by atoms with Gasteiger partial charge in [-0.15, -0.1) is 11.3 Å². The summed E-state index contributed by atoms with van der Waals surface area (Å²) in [5.74, 6) is 0.143. The van der Waals surface area contributed by atoms with Gasteiger partial charge in [0.25, 0.3) is 0 Å². The molecule has 30 heavy (non-hydrogen) atoms. The first-order valence-electron chi connectivity index (χ1n) is 9.99. The third-order valence-electron chi connectivity index (χ3n) is 5.25. The first-order chi connectivity index (χ1) is 14.6. The highest BCUT2D eigenvalue weighted by Crippen LogP contribution is 2.27. The Hall–Kier alpha value is -3.19. The van der Waals surface area contributed by atoms with Crippen molar-refractivity contribution in [1.82, 2.24) is 9.88 Å². The molecule has 154 valence electrons. The Bertz CT molecular complexity index is 1030. The molecular formula is C23H24N4O2S. The Morgan fingerprint density at radius 3 is 2.73 bits per heavy atom. The first kappa shape index (κ1) is 20.1. The quantitative estimate of drug-likeness (QED) is 0.633. The fourth-order valence-corrected chi connectivity index (χ4v) is 4.21. The van der Waals surface area contributed by atoms with E-state index in [4.69, 9.17) is 0 Å². The number of thiazole rings is 1. The van der Waals surface area contributed by atoms with Crippen LogP contribution in [0.4, 0.5) is 16.2 Å². The highest BCUT2D eigenvalue weighted by molar-refractivity contribution is 7.07. The fourth-order valence-electron chi connectivity index (χ4n) is 3.62. The second-order valence-corrected chi connectivity index (χ2v) is 8.15. The van der Waals surface area contributed by atoms with Crippen LogP contribution in [0.2, 0.25) is 0 Å². The normalized spacial score (nSPS) is 12.9. The summed E-state index contributed by atoms with van der Waals surface area (Å²) in [5, 5.41) is 7.81. The van der Waals surface area contributed by atoms with E-state index in [0.29, 0.717) is 25.9 Å². The second-order valence-electron chi connectivity index (χ2n) is 7.43. The maximum absolute atomic E-state index is 12.6. The van der Waals surface area contributed by atoms with E-state index >= 15 is 0 Å². The van der Waals surface area contributed by atoms with Crippen LogP contribution in [0.15, 0.2) is 53.4 Å². The topological polar surface area (TPSA) is 74.3 Å². The molecule has 1 aliphatic rings. The first-order valence-corrected chi connectivity index (χ1v) is 10.9. The minimum absolute atomic E-state index is 0.143. The maximum Gasteiger partial charge on any atom is 0.323 e. The average molecular weight is 421 g/mol. The van der Waals surface area contributed by atoms with Crippen molar-refractivity contribution in [2.75, 3.05) is 17.2 Å². The van der Waals surface area contributed by atoms with Crippen molar-refractivity contribution in [2.45, 2.75) is 32.7 Å². The highest BCUT2D eigenvalue weighted by Gasteiger charge is 2.23. The minimum Gasteiger partial charge on any atom is -0.338 e. The number of rotatable bonds is 5. The van der Waals surface area contributed by atoms with Crippen LogP contribution in [-0.2, 0) is 24.2 Å². The van der Waals surface area contributed by atoms with Gasteiger partial charge >= 0.3 is 6.03 Å². The molecule has 0 saturated carbocycles. The summed E-state index contributed by atoms with van der Waals surface area (Å²) in [6, 6.07) is 13.3. The number of nitrogens with one attached hydrogen (secondary N) is 2. The lowest BCUT2D eigenvalue weighted by Gasteiger charge is -2.30. The smallest absolute Gasteiger partial charge is 0.323 e. The minimum atomic E-state index is -0.269. The summed E-state index contributed by atoms with van der Waals surface area (Å²) >= 11 is 1.55. The molecule has 6 nitrogen and oxygen atoms in total. The molecule has 1 aromatic heterocycles. The van der Waals surface area contributed by atoms with Crippen molar-refractivity contribution in [3.05, 3.63) is 75.7 Å². The molecule has 0 aliphatic carbocycles. The molecule has 0 bridgehead atoms. The Labute approximate surface area is 180 Å². The number of aryl methyl sites for hydroxylation is 2. The summed E-state index contributed by atoms with van der Waals surface area (Å²) in [7, 11) is 0. The van der Waals surface area contributed by atoms with Crippen LogP contribution >= 0.6 is 11.3 Å². The number of anilines is 2. The summed E-state index contributed by atoms with van der Waals surface area (Å²) in [4.78, 5) is 31.2. The summed E-state index contributed by atoms with van der Waals surface area (Å²) in [5.41, 5.74) is 7.63. The Balaban J connectivity index is 1.37. The Morgan fingerprint density at radius 2 is 1.97 bits per heavy atom. The van der Waals surface area contributed by atoms with Gasteiger partial charge < -0.3 is 15.5 Å². The zero-order valence-electron chi connectivity index (χ0n) is 16.9. The standard InChI is InChI=1S/C23H24N4O2S/c1-16-5-7-18(8-6-16)25-23(29)26-21-4-2-3-17-13-27(12-11-20(17)21)22(28)10-9-19-14-30-15-24-19/h2-8,14-15H,9-13H2,1H3,(H2,25,26,29). The predicted molar refractivity (Wildman–Crippen MR) is 120 cm³/mol. The number of carbonyl (C=O) groups excluding carboxylic acids is 2. The zero-order valence-corrected chi connectivity index (χ0v) is 17.7. The third kappa shape index (κ3) is 4.86. The Kier molecular flexibility index (Phi) is 6.09. The van der Waals surface area contributed by atoms with Gasteiger partial charge in [-0.1, -0.05) is 29.8 Å². The number of hydrogen-bond acceptors (Lipinski definition) is 4. The lowest BCUT2D eigenvalue weighted by molar-refractivity contribution is -0.132. The van der Waals surface area contributed by atoms with E-state index in [2.05, 4.69) is 15.6 Å². The molecule has 0 radical (unpaired) electrons. The van der Waals surface area contributed by atoms with Gasteiger partial charge in [-0.2, -0.15) is 0 Å². The predicted octanol–water partition coefficient (Wildman–Crippen LogP) is 4.61. The van der Waals surface area contributed by atoms with E-state index in [0.717, 1.165) is 40.2 Å². The van der Waals surface area contributed by atoms with Crippen molar-refractivity contribution < 1.29 is 9.59 Å². The lowest BCUT2D eigenvalue weighted by atomic mass is 9.97. The molecular weight excluding hydrogens is 396 g/mol. The molecule has 3 aromatic rings. The number of benzene rings is 2. The molecule has 2 heterocycles. The van der Waals surface area contributed by atoms with Crippen LogP contribution in [0.5, 0.6) is 0 Å². The van der Waals surface area contributed by atoms with Crippen LogP contribution < -0.4 is 10.6 Å². The zero-order chi connectivity index (χ0) is 20.9. The molecule has 0 atom stereocenters. The van der Waals surface area contributed by atoms with Gasteiger partial charge in [0, 0.05) is 36.3 Å². The van der Waals surface area contributed by atoms with Crippen LogP contribution in [0, 0.1) is 6.92 Å². The number of urea groups is 1. The summed E-state index contributed by atoms with van der Waals surface area (Å²) in [6.45, 7) is 3.23. The molecule has 1 aliphatic heterocycles. The van der Waals surface area contributed by atoms with Crippen molar-refractivity contribution in [3.8, 4) is 0 Å². The molecule has 2 N–H and O–H groups in total. The lowest BCUT2D eigenvalue weighted by Crippen LogP contribution is -2.36. The average Bonchev–Trinajstić information content (AvgIpc) is 3.27. The third-order valence-corrected chi connectivity index (χ3v) is 5.89. The molecule has 4 rings (SSSR count). The van der Waals surface area contributed by atoms with E-state index in [1.807, 2.05) is 59.7 Å². The van der Waals surface area contributed by atoms with Crippen LogP contribution in [-0.4, -0.2) is 28.4 Å². The molecule has 3 amide bonds. The SMILES string of the molecule is Cc1ccc(NC(=O)Nc2cccc3c2CCN(C(=O)CCc2cscn2)C3)cc1. The van der Waals surface area contributed by atoms with E-state index in [-0.39, 0.29) is 11.9 Å².